The first-order chi connectivity index (χ1) is 6.24. The second-order valence-corrected chi connectivity index (χ2v) is 2.88. The van der Waals surface area contributed by atoms with Gasteiger partial charge in [0.2, 0.25) is 5.91 Å². The first-order valence-corrected chi connectivity index (χ1v) is 4.87. The quantitative estimate of drug-likeness (QED) is 0.473. The van der Waals surface area contributed by atoms with Crippen LogP contribution in [-0.2, 0) is 4.79 Å². The summed E-state index contributed by atoms with van der Waals surface area (Å²) in [6, 6.07) is 0. The summed E-state index contributed by atoms with van der Waals surface area (Å²) in [4.78, 5) is 13.1. The zero-order valence-electron chi connectivity index (χ0n) is 8.68. The van der Waals surface area contributed by atoms with Crippen molar-refractivity contribution < 1.29 is 4.79 Å². The molecule has 0 aliphatic rings. The SMILES string of the molecule is C=CC(=O)NCCCN(CC)CC. The topological polar surface area (TPSA) is 32.3 Å². The molecule has 1 amide bonds. The molecule has 0 spiro atoms. The standard InChI is InChI=1S/C10H20N2O/c1-4-10(13)11-8-7-9-12(5-2)6-3/h4H,1,5-9H2,2-3H3,(H,11,13). The Morgan fingerprint density at radius 1 is 1.46 bits per heavy atom. The third-order valence-electron chi connectivity index (χ3n) is 2.03. The zero-order valence-corrected chi connectivity index (χ0v) is 8.68. The number of carbonyl (C=O) groups is 1. The van der Waals surface area contributed by atoms with Crippen LogP contribution in [-0.4, -0.2) is 37.0 Å². The molecule has 0 radical (unpaired) electrons. The molecule has 0 rings (SSSR count). The van der Waals surface area contributed by atoms with Crippen LogP contribution in [0.1, 0.15) is 20.3 Å². The molecule has 1 N–H and O–H groups in total. The molecule has 0 atom stereocenters. The van der Waals surface area contributed by atoms with Gasteiger partial charge in [0.1, 0.15) is 0 Å². The lowest BCUT2D eigenvalue weighted by Gasteiger charge is -2.17. The Kier molecular flexibility index (Phi) is 7.30. The third-order valence-corrected chi connectivity index (χ3v) is 2.03. The maximum absolute atomic E-state index is 10.8. The van der Waals surface area contributed by atoms with Gasteiger partial charge in [-0.05, 0) is 32.1 Å². The highest BCUT2D eigenvalue weighted by Crippen LogP contribution is 1.88. The summed E-state index contributed by atoms with van der Waals surface area (Å²) >= 11 is 0. The fraction of sp³-hybridized carbons (Fsp3) is 0.700. The van der Waals surface area contributed by atoms with Crippen LogP contribution in [0.2, 0.25) is 0 Å². The molecule has 0 aromatic rings. The van der Waals surface area contributed by atoms with E-state index in [2.05, 4.69) is 30.6 Å². The van der Waals surface area contributed by atoms with Crippen molar-refractivity contribution in [2.45, 2.75) is 20.3 Å². The summed E-state index contributed by atoms with van der Waals surface area (Å²) in [7, 11) is 0. The molecular weight excluding hydrogens is 164 g/mol. The van der Waals surface area contributed by atoms with Gasteiger partial charge in [0.15, 0.2) is 0 Å². The Hall–Kier alpha value is -0.830. The fourth-order valence-corrected chi connectivity index (χ4v) is 1.13. The molecule has 3 nitrogen and oxygen atoms in total. The van der Waals surface area contributed by atoms with Crippen LogP contribution in [0.15, 0.2) is 12.7 Å². The Morgan fingerprint density at radius 2 is 2.08 bits per heavy atom. The molecule has 0 aromatic carbocycles. The molecule has 0 aliphatic carbocycles. The monoisotopic (exact) mass is 184 g/mol. The average molecular weight is 184 g/mol. The van der Waals surface area contributed by atoms with E-state index < -0.39 is 0 Å². The molecule has 0 saturated heterocycles. The predicted molar refractivity (Wildman–Crippen MR) is 55.6 cm³/mol. The lowest BCUT2D eigenvalue weighted by Crippen LogP contribution is -2.28. The van der Waals surface area contributed by atoms with Gasteiger partial charge in [0.25, 0.3) is 0 Å². The average Bonchev–Trinajstić information content (AvgIpc) is 2.18. The molecule has 0 unspecified atom stereocenters. The molecule has 3 heteroatoms. The van der Waals surface area contributed by atoms with Crippen molar-refractivity contribution in [2.24, 2.45) is 0 Å². The van der Waals surface area contributed by atoms with Gasteiger partial charge in [-0.25, -0.2) is 0 Å². The molecule has 0 bridgehead atoms. The van der Waals surface area contributed by atoms with E-state index in [4.69, 9.17) is 0 Å². The highest BCUT2D eigenvalue weighted by molar-refractivity contribution is 5.86. The van der Waals surface area contributed by atoms with Gasteiger partial charge < -0.3 is 10.2 Å². The first-order valence-electron chi connectivity index (χ1n) is 4.87. The summed E-state index contributed by atoms with van der Waals surface area (Å²) in [6.07, 6.45) is 2.30. The summed E-state index contributed by atoms with van der Waals surface area (Å²) < 4.78 is 0. The maximum atomic E-state index is 10.8. The minimum Gasteiger partial charge on any atom is -0.353 e. The molecule has 0 fully saturated rings. The molecule has 0 aliphatic heterocycles. The van der Waals surface area contributed by atoms with Crippen LogP contribution in [0.25, 0.3) is 0 Å². The van der Waals surface area contributed by atoms with E-state index in [0.717, 1.165) is 32.6 Å². The Morgan fingerprint density at radius 3 is 2.54 bits per heavy atom. The van der Waals surface area contributed by atoms with E-state index in [9.17, 15) is 4.79 Å². The molecule has 76 valence electrons. The molecule has 0 heterocycles. The van der Waals surface area contributed by atoms with Crippen molar-refractivity contribution in [3.63, 3.8) is 0 Å². The van der Waals surface area contributed by atoms with Crippen LogP contribution in [0, 0.1) is 0 Å². The largest absolute Gasteiger partial charge is 0.353 e. The van der Waals surface area contributed by atoms with Gasteiger partial charge >= 0.3 is 0 Å². The number of hydrogen-bond acceptors (Lipinski definition) is 2. The summed E-state index contributed by atoms with van der Waals surface area (Å²) in [5.74, 6) is -0.0838. The minimum atomic E-state index is -0.0838. The van der Waals surface area contributed by atoms with Gasteiger partial charge in [0.05, 0.1) is 0 Å². The second kappa shape index (κ2) is 7.80. The highest BCUT2D eigenvalue weighted by Gasteiger charge is 1.98. The van der Waals surface area contributed by atoms with Gasteiger partial charge in [-0.1, -0.05) is 20.4 Å². The van der Waals surface area contributed by atoms with Crippen molar-refractivity contribution in [3.05, 3.63) is 12.7 Å². The third kappa shape index (κ3) is 6.34. The molecule has 0 saturated carbocycles. The summed E-state index contributed by atoms with van der Waals surface area (Å²) in [5.41, 5.74) is 0. The van der Waals surface area contributed by atoms with Crippen molar-refractivity contribution >= 4 is 5.91 Å². The van der Waals surface area contributed by atoms with Crippen molar-refractivity contribution in [3.8, 4) is 0 Å². The second-order valence-electron chi connectivity index (χ2n) is 2.88. The van der Waals surface area contributed by atoms with E-state index in [0.29, 0.717) is 0 Å². The van der Waals surface area contributed by atoms with Crippen molar-refractivity contribution in [1.29, 1.82) is 0 Å². The molecule has 13 heavy (non-hydrogen) atoms. The lowest BCUT2D eigenvalue weighted by molar-refractivity contribution is -0.116. The Bertz CT molecular complexity index is 153. The highest BCUT2D eigenvalue weighted by atomic mass is 16.1. The lowest BCUT2D eigenvalue weighted by atomic mass is 10.3. The number of amides is 1. The molecular formula is C10H20N2O. The van der Waals surface area contributed by atoms with Gasteiger partial charge in [-0.15, -0.1) is 0 Å². The van der Waals surface area contributed by atoms with Gasteiger partial charge in [-0.3, -0.25) is 4.79 Å². The van der Waals surface area contributed by atoms with Crippen molar-refractivity contribution in [2.75, 3.05) is 26.2 Å². The molecule has 0 aromatic heterocycles. The Labute approximate surface area is 80.8 Å². The van der Waals surface area contributed by atoms with E-state index >= 15 is 0 Å². The normalized spacial score (nSPS) is 10.1. The number of nitrogens with zero attached hydrogens (tertiary/aromatic N) is 1. The van der Waals surface area contributed by atoms with Crippen LogP contribution in [0.3, 0.4) is 0 Å². The predicted octanol–water partition coefficient (Wildman–Crippen LogP) is 1.02. The van der Waals surface area contributed by atoms with Crippen LogP contribution < -0.4 is 5.32 Å². The smallest absolute Gasteiger partial charge is 0.243 e. The fourth-order valence-electron chi connectivity index (χ4n) is 1.13. The van der Waals surface area contributed by atoms with Crippen LogP contribution in [0.4, 0.5) is 0 Å². The minimum absolute atomic E-state index is 0.0838. The number of rotatable bonds is 7. The van der Waals surface area contributed by atoms with Gasteiger partial charge in [0, 0.05) is 6.54 Å². The first kappa shape index (κ1) is 12.2. The van der Waals surface area contributed by atoms with Crippen LogP contribution in [0.5, 0.6) is 0 Å². The van der Waals surface area contributed by atoms with E-state index in [1.807, 2.05) is 0 Å². The Balaban J connectivity index is 3.33. The van der Waals surface area contributed by atoms with Crippen molar-refractivity contribution in [1.82, 2.24) is 10.2 Å². The zero-order chi connectivity index (χ0) is 10.1. The van der Waals surface area contributed by atoms with E-state index in [-0.39, 0.29) is 5.91 Å². The summed E-state index contributed by atoms with van der Waals surface area (Å²) in [6.45, 7) is 11.6. The van der Waals surface area contributed by atoms with Crippen LogP contribution >= 0.6 is 0 Å². The summed E-state index contributed by atoms with van der Waals surface area (Å²) in [5, 5.41) is 2.75. The van der Waals surface area contributed by atoms with E-state index in [1.54, 1.807) is 0 Å². The number of nitrogens with one attached hydrogen (secondary N) is 1. The number of carbonyl (C=O) groups excluding carboxylic acids is 1. The maximum Gasteiger partial charge on any atom is 0.243 e. The van der Waals surface area contributed by atoms with Gasteiger partial charge in [-0.2, -0.15) is 0 Å². The van der Waals surface area contributed by atoms with E-state index in [1.165, 1.54) is 6.08 Å². The number of hydrogen-bond donors (Lipinski definition) is 1.